The molecule has 1 aromatic rings. The Morgan fingerprint density at radius 1 is 1.47 bits per heavy atom. The Balaban J connectivity index is 1.96. The molecule has 1 aliphatic rings. The highest BCUT2D eigenvalue weighted by molar-refractivity contribution is 7.09. The van der Waals surface area contributed by atoms with Crippen LogP contribution in [0.4, 0.5) is 0 Å². The SMILES string of the molecule is COCCNC(c1nccs1)C1CCCCC1. The van der Waals surface area contributed by atoms with Gasteiger partial charge in [0.25, 0.3) is 0 Å². The van der Waals surface area contributed by atoms with Gasteiger partial charge in [-0.3, -0.25) is 0 Å². The Morgan fingerprint density at radius 2 is 2.29 bits per heavy atom. The van der Waals surface area contributed by atoms with Gasteiger partial charge in [0.05, 0.1) is 12.6 Å². The average Bonchev–Trinajstić information content (AvgIpc) is 2.89. The highest BCUT2D eigenvalue weighted by atomic mass is 32.1. The van der Waals surface area contributed by atoms with Crippen molar-refractivity contribution in [3.63, 3.8) is 0 Å². The maximum absolute atomic E-state index is 5.12. The van der Waals surface area contributed by atoms with Gasteiger partial charge < -0.3 is 10.1 Å². The fourth-order valence-corrected chi connectivity index (χ4v) is 3.43. The summed E-state index contributed by atoms with van der Waals surface area (Å²) in [5.41, 5.74) is 0. The third-order valence-corrected chi connectivity index (χ3v) is 4.37. The predicted octanol–water partition coefficient (Wildman–Crippen LogP) is 3.00. The fraction of sp³-hybridized carbons (Fsp3) is 0.769. The van der Waals surface area contributed by atoms with E-state index in [2.05, 4.69) is 15.7 Å². The molecule has 96 valence electrons. The molecule has 1 N–H and O–H groups in total. The molecule has 3 nitrogen and oxygen atoms in total. The van der Waals surface area contributed by atoms with E-state index in [0.717, 1.165) is 19.1 Å². The summed E-state index contributed by atoms with van der Waals surface area (Å²) in [6.45, 7) is 1.69. The van der Waals surface area contributed by atoms with Gasteiger partial charge in [-0.25, -0.2) is 4.98 Å². The topological polar surface area (TPSA) is 34.1 Å². The van der Waals surface area contributed by atoms with E-state index in [9.17, 15) is 0 Å². The highest BCUT2D eigenvalue weighted by Gasteiger charge is 2.26. The number of ether oxygens (including phenoxy) is 1. The van der Waals surface area contributed by atoms with Crippen LogP contribution in [0.2, 0.25) is 0 Å². The average molecular weight is 254 g/mol. The van der Waals surface area contributed by atoms with E-state index < -0.39 is 0 Å². The van der Waals surface area contributed by atoms with Crippen molar-refractivity contribution in [3.05, 3.63) is 16.6 Å². The van der Waals surface area contributed by atoms with Crippen LogP contribution in [-0.4, -0.2) is 25.2 Å². The smallest absolute Gasteiger partial charge is 0.110 e. The van der Waals surface area contributed by atoms with Crippen LogP contribution >= 0.6 is 11.3 Å². The van der Waals surface area contributed by atoms with Crippen molar-refractivity contribution in [2.45, 2.75) is 38.1 Å². The number of rotatable bonds is 6. The van der Waals surface area contributed by atoms with Crippen molar-refractivity contribution in [2.75, 3.05) is 20.3 Å². The Hall–Kier alpha value is -0.450. The van der Waals surface area contributed by atoms with Crippen molar-refractivity contribution < 1.29 is 4.74 Å². The molecule has 0 bridgehead atoms. The molecule has 1 heterocycles. The first kappa shape index (κ1) is 13.0. The third kappa shape index (κ3) is 3.76. The quantitative estimate of drug-likeness (QED) is 0.792. The zero-order valence-electron chi connectivity index (χ0n) is 10.5. The number of nitrogens with zero attached hydrogens (tertiary/aromatic N) is 1. The van der Waals surface area contributed by atoms with E-state index in [0.29, 0.717) is 6.04 Å². The molecule has 17 heavy (non-hydrogen) atoms. The summed E-state index contributed by atoms with van der Waals surface area (Å²) in [5.74, 6) is 0.756. The Morgan fingerprint density at radius 3 is 2.94 bits per heavy atom. The number of hydrogen-bond donors (Lipinski definition) is 1. The highest BCUT2D eigenvalue weighted by Crippen LogP contribution is 2.34. The molecule has 2 rings (SSSR count). The van der Waals surface area contributed by atoms with Crippen molar-refractivity contribution in [1.82, 2.24) is 10.3 Å². The minimum Gasteiger partial charge on any atom is -0.383 e. The number of aromatic nitrogens is 1. The van der Waals surface area contributed by atoms with Crippen LogP contribution < -0.4 is 5.32 Å². The van der Waals surface area contributed by atoms with E-state index in [1.807, 2.05) is 6.20 Å². The van der Waals surface area contributed by atoms with E-state index in [1.54, 1.807) is 18.4 Å². The van der Waals surface area contributed by atoms with Crippen molar-refractivity contribution in [2.24, 2.45) is 5.92 Å². The first-order valence-corrected chi connectivity index (χ1v) is 7.41. The van der Waals surface area contributed by atoms with Crippen LogP contribution in [-0.2, 0) is 4.74 Å². The van der Waals surface area contributed by atoms with E-state index in [1.165, 1.54) is 37.1 Å². The summed E-state index contributed by atoms with van der Waals surface area (Å²) in [4.78, 5) is 4.49. The van der Waals surface area contributed by atoms with E-state index in [-0.39, 0.29) is 0 Å². The summed E-state index contributed by atoms with van der Waals surface area (Å²) < 4.78 is 5.12. The van der Waals surface area contributed by atoms with E-state index in [4.69, 9.17) is 4.74 Å². The van der Waals surface area contributed by atoms with Crippen LogP contribution in [0.5, 0.6) is 0 Å². The second-order valence-electron chi connectivity index (χ2n) is 4.69. The summed E-state index contributed by atoms with van der Waals surface area (Å²) in [6.07, 6.45) is 8.73. The molecule has 1 atom stereocenters. The lowest BCUT2D eigenvalue weighted by molar-refractivity contribution is 0.184. The normalized spacial score (nSPS) is 19.4. The molecule has 0 radical (unpaired) electrons. The van der Waals surface area contributed by atoms with Crippen LogP contribution in [0, 0.1) is 5.92 Å². The lowest BCUT2D eigenvalue weighted by Gasteiger charge is -2.29. The van der Waals surface area contributed by atoms with Crippen molar-refractivity contribution >= 4 is 11.3 Å². The van der Waals surface area contributed by atoms with Crippen molar-refractivity contribution in [3.8, 4) is 0 Å². The van der Waals surface area contributed by atoms with Crippen LogP contribution in [0.15, 0.2) is 11.6 Å². The van der Waals surface area contributed by atoms with Gasteiger partial charge in [0.15, 0.2) is 0 Å². The monoisotopic (exact) mass is 254 g/mol. The summed E-state index contributed by atoms with van der Waals surface area (Å²) >= 11 is 1.77. The molecule has 0 aromatic carbocycles. The minimum atomic E-state index is 0.436. The largest absolute Gasteiger partial charge is 0.383 e. The summed E-state index contributed by atoms with van der Waals surface area (Å²) in [6, 6.07) is 0.436. The summed E-state index contributed by atoms with van der Waals surface area (Å²) in [7, 11) is 1.75. The van der Waals surface area contributed by atoms with Crippen LogP contribution in [0.25, 0.3) is 0 Å². The number of hydrogen-bond acceptors (Lipinski definition) is 4. The Labute approximate surface area is 108 Å². The summed E-state index contributed by atoms with van der Waals surface area (Å²) in [5, 5.41) is 6.93. The lowest BCUT2D eigenvalue weighted by Crippen LogP contribution is -2.31. The van der Waals surface area contributed by atoms with Crippen LogP contribution in [0.3, 0.4) is 0 Å². The molecule has 0 spiro atoms. The van der Waals surface area contributed by atoms with E-state index >= 15 is 0 Å². The van der Waals surface area contributed by atoms with Crippen molar-refractivity contribution in [1.29, 1.82) is 0 Å². The number of thiazole rings is 1. The zero-order valence-corrected chi connectivity index (χ0v) is 11.3. The third-order valence-electron chi connectivity index (χ3n) is 3.51. The number of methoxy groups -OCH3 is 1. The molecule has 1 fully saturated rings. The molecule has 4 heteroatoms. The first-order chi connectivity index (χ1) is 8.42. The number of nitrogens with one attached hydrogen (secondary N) is 1. The Bertz CT molecular complexity index is 296. The first-order valence-electron chi connectivity index (χ1n) is 6.53. The van der Waals surface area contributed by atoms with Gasteiger partial charge >= 0.3 is 0 Å². The molecule has 1 saturated carbocycles. The second kappa shape index (κ2) is 7.09. The minimum absolute atomic E-state index is 0.436. The molecular formula is C13H22N2OS. The van der Waals surface area contributed by atoms with Gasteiger partial charge in [-0.05, 0) is 18.8 Å². The van der Waals surface area contributed by atoms with Gasteiger partial charge in [-0.2, -0.15) is 0 Å². The van der Waals surface area contributed by atoms with Gasteiger partial charge in [0, 0.05) is 25.2 Å². The Kier molecular flexibility index (Phi) is 5.42. The molecule has 1 aliphatic carbocycles. The molecule has 0 aliphatic heterocycles. The molecule has 0 saturated heterocycles. The zero-order chi connectivity index (χ0) is 11.9. The lowest BCUT2D eigenvalue weighted by atomic mass is 9.84. The second-order valence-corrected chi connectivity index (χ2v) is 5.62. The maximum atomic E-state index is 5.12. The van der Waals surface area contributed by atoms with Gasteiger partial charge in [-0.15, -0.1) is 11.3 Å². The molecule has 1 aromatic heterocycles. The van der Waals surface area contributed by atoms with Gasteiger partial charge in [-0.1, -0.05) is 19.3 Å². The molecule has 1 unspecified atom stereocenters. The fourth-order valence-electron chi connectivity index (χ4n) is 2.63. The van der Waals surface area contributed by atoms with Gasteiger partial charge in [0.2, 0.25) is 0 Å². The standard InChI is InChI=1S/C13H22N2OS/c1-16-9-7-14-12(13-15-8-10-17-13)11-5-3-2-4-6-11/h8,10-12,14H,2-7,9H2,1H3. The molecule has 0 amide bonds. The predicted molar refractivity (Wildman–Crippen MR) is 71.3 cm³/mol. The molecular weight excluding hydrogens is 232 g/mol. The van der Waals surface area contributed by atoms with Gasteiger partial charge in [0.1, 0.15) is 5.01 Å². The van der Waals surface area contributed by atoms with Crippen LogP contribution in [0.1, 0.15) is 43.2 Å². The maximum Gasteiger partial charge on any atom is 0.110 e.